The second-order valence-electron chi connectivity index (χ2n) is 10.5. The molecule has 0 N–H and O–H groups in total. The van der Waals surface area contributed by atoms with Gasteiger partial charge in [-0.15, -0.1) is 0 Å². The molecule has 5 rings (SSSR count). The largest absolute Gasteiger partial charge is 0.454 e. The Balaban J connectivity index is 0.988. The molecular weight excluding hydrogens is 402 g/mol. The number of likely N-dealkylation sites (tertiary alicyclic amines) is 1. The van der Waals surface area contributed by atoms with Crippen LogP contribution in [0.25, 0.3) is 0 Å². The fourth-order valence-corrected chi connectivity index (χ4v) is 6.30. The summed E-state index contributed by atoms with van der Waals surface area (Å²) in [6.45, 7) is 4.80. The van der Waals surface area contributed by atoms with E-state index < -0.39 is 0 Å². The lowest BCUT2D eigenvalue weighted by molar-refractivity contribution is -0.122. The van der Waals surface area contributed by atoms with Crippen molar-refractivity contribution in [2.45, 2.75) is 82.7 Å². The van der Waals surface area contributed by atoms with Gasteiger partial charge in [-0.2, -0.15) is 0 Å². The third-order valence-electron chi connectivity index (χ3n) is 8.27. The van der Waals surface area contributed by atoms with Crippen LogP contribution in [0, 0.1) is 11.8 Å². The van der Waals surface area contributed by atoms with Crippen LogP contribution in [0.2, 0.25) is 0 Å². The highest BCUT2D eigenvalue weighted by molar-refractivity contribution is 5.79. The predicted molar refractivity (Wildman–Crippen MR) is 124 cm³/mol. The maximum absolute atomic E-state index is 12.4. The number of piperidine rings is 1. The zero-order valence-corrected chi connectivity index (χ0v) is 19.4. The third kappa shape index (κ3) is 5.48. The minimum atomic E-state index is 0.214. The fourth-order valence-electron chi connectivity index (χ4n) is 6.30. The molecule has 32 heavy (non-hydrogen) atoms. The SMILES string of the molecule is O=C(CC1CCC(CCN2CCC(c3cccc4c3OCO4)CC2)CC1)C[C@@H]1CCCO1. The van der Waals surface area contributed by atoms with Crippen LogP contribution in [0.4, 0.5) is 0 Å². The molecule has 0 spiro atoms. The van der Waals surface area contributed by atoms with Gasteiger partial charge in [-0.25, -0.2) is 0 Å². The fraction of sp³-hybridized carbons (Fsp3) is 0.741. The van der Waals surface area contributed by atoms with Crippen molar-refractivity contribution in [1.82, 2.24) is 4.90 Å². The van der Waals surface area contributed by atoms with Crippen LogP contribution < -0.4 is 9.47 Å². The number of nitrogens with zero attached hydrogens (tertiary/aromatic N) is 1. The van der Waals surface area contributed by atoms with Crippen LogP contribution in [0.5, 0.6) is 11.5 Å². The average Bonchev–Trinajstić information content (AvgIpc) is 3.51. The van der Waals surface area contributed by atoms with Gasteiger partial charge in [0.05, 0.1) is 6.10 Å². The molecule has 1 saturated carbocycles. The highest BCUT2D eigenvalue weighted by atomic mass is 16.7. The van der Waals surface area contributed by atoms with Gasteiger partial charge in [-0.3, -0.25) is 4.79 Å². The molecule has 1 atom stereocenters. The van der Waals surface area contributed by atoms with Gasteiger partial charge in [-0.1, -0.05) is 25.0 Å². The van der Waals surface area contributed by atoms with Crippen molar-refractivity contribution in [3.63, 3.8) is 0 Å². The first-order valence-corrected chi connectivity index (χ1v) is 13.0. The van der Waals surface area contributed by atoms with Crippen molar-refractivity contribution in [3.05, 3.63) is 23.8 Å². The average molecular weight is 442 g/mol. The maximum atomic E-state index is 12.4. The van der Waals surface area contributed by atoms with Crippen molar-refractivity contribution in [1.29, 1.82) is 0 Å². The number of carbonyl (C=O) groups is 1. The van der Waals surface area contributed by atoms with Crippen molar-refractivity contribution >= 4 is 5.78 Å². The molecule has 3 aliphatic heterocycles. The number of hydrogen-bond donors (Lipinski definition) is 0. The number of fused-ring (bicyclic) bond motifs is 1. The predicted octanol–water partition coefficient (Wildman–Crippen LogP) is 5.32. The van der Waals surface area contributed by atoms with Gasteiger partial charge in [-0.05, 0) is 88.4 Å². The zero-order chi connectivity index (χ0) is 21.8. The third-order valence-corrected chi connectivity index (χ3v) is 8.27. The van der Waals surface area contributed by atoms with E-state index in [4.69, 9.17) is 14.2 Å². The lowest BCUT2D eigenvalue weighted by atomic mass is 9.78. The molecule has 0 bridgehead atoms. The van der Waals surface area contributed by atoms with Gasteiger partial charge in [0, 0.05) is 25.0 Å². The molecule has 1 aromatic rings. The Bertz CT molecular complexity index is 759. The standard InChI is InChI=1S/C27H39NO4/c29-23(18-24-3-2-16-30-24)17-21-8-6-20(7-9-21)10-13-28-14-11-22(12-15-28)25-4-1-5-26-27(25)32-19-31-26/h1,4-5,20-22,24H,2-3,6-19H2/t20?,21?,24-/m0/s1. The second-order valence-corrected chi connectivity index (χ2v) is 10.5. The Morgan fingerprint density at radius 2 is 1.75 bits per heavy atom. The van der Waals surface area contributed by atoms with Crippen LogP contribution >= 0.6 is 0 Å². The second kappa shape index (κ2) is 10.6. The highest BCUT2D eigenvalue weighted by Gasteiger charge is 2.28. The molecule has 0 aromatic heterocycles. The van der Waals surface area contributed by atoms with E-state index in [0.717, 1.165) is 43.3 Å². The van der Waals surface area contributed by atoms with Crippen molar-refractivity contribution < 1.29 is 19.0 Å². The van der Waals surface area contributed by atoms with E-state index in [9.17, 15) is 4.79 Å². The number of ketones is 1. The Morgan fingerprint density at radius 1 is 0.938 bits per heavy atom. The number of benzene rings is 1. The Labute approximate surface area is 192 Å². The van der Waals surface area contributed by atoms with Gasteiger partial charge < -0.3 is 19.1 Å². The lowest BCUT2D eigenvalue weighted by Gasteiger charge is -2.34. The molecule has 176 valence electrons. The molecule has 0 amide bonds. The minimum absolute atomic E-state index is 0.214. The number of carbonyl (C=O) groups excluding carboxylic acids is 1. The number of hydrogen-bond acceptors (Lipinski definition) is 5. The van der Waals surface area contributed by atoms with E-state index >= 15 is 0 Å². The summed E-state index contributed by atoms with van der Waals surface area (Å²) < 4.78 is 16.9. The molecule has 1 aromatic carbocycles. The first-order valence-electron chi connectivity index (χ1n) is 13.0. The molecule has 3 heterocycles. The van der Waals surface area contributed by atoms with E-state index in [1.807, 2.05) is 6.07 Å². The van der Waals surface area contributed by atoms with Gasteiger partial charge >= 0.3 is 0 Å². The van der Waals surface area contributed by atoms with E-state index in [-0.39, 0.29) is 6.10 Å². The Kier molecular flexibility index (Phi) is 7.33. The summed E-state index contributed by atoms with van der Waals surface area (Å²) in [5.74, 6) is 4.38. The molecule has 3 fully saturated rings. The Hall–Kier alpha value is -1.59. The van der Waals surface area contributed by atoms with Gasteiger partial charge in [0.1, 0.15) is 5.78 Å². The minimum Gasteiger partial charge on any atom is -0.454 e. The lowest BCUT2D eigenvalue weighted by Crippen LogP contribution is -2.34. The number of ether oxygens (including phenoxy) is 3. The summed E-state index contributed by atoms with van der Waals surface area (Å²) in [5, 5.41) is 0. The number of para-hydroxylation sites is 1. The van der Waals surface area contributed by atoms with Crippen molar-refractivity contribution in [2.75, 3.05) is 33.0 Å². The van der Waals surface area contributed by atoms with Crippen LogP contribution in [-0.4, -0.2) is 49.8 Å². The summed E-state index contributed by atoms with van der Waals surface area (Å²) in [5.41, 5.74) is 1.34. The smallest absolute Gasteiger partial charge is 0.231 e. The molecule has 4 aliphatic rings. The number of rotatable bonds is 8. The van der Waals surface area contributed by atoms with E-state index in [2.05, 4.69) is 17.0 Å². The van der Waals surface area contributed by atoms with Gasteiger partial charge in [0.25, 0.3) is 0 Å². The summed E-state index contributed by atoms with van der Waals surface area (Å²) in [7, 11) is 0. The van der Waals surface area contributed by atoms with E-state index in [1.54, 1.807) is 0 Å². The summed E-state index contributed by atoms with van der Waals surface area (Å²) in [6.07, 6.45) is 12.7. The molecule has 1 aliphatic carbocycles. The van der Waals surface area contributed by atoms with Gasteiger partial charge in [0.2, 0.25) is 6.79 Å². The molecular formula is C27H39NO4. The van der Waals surface area contributed by atoms with E-state index in [1.165, 1.54) is 70.1 Å². The number of Topliss-reactive ketones (excluding diaryl/α,β-unsaturated/α-hetero) is 1. The highest BCUT2D eigenvalue weighted by Crippen LogP contribution is 2.42. The first kappa shape index (κ1) is 22.2. The molecule has 5 nitrogen and oxygen atoms in total. The Morgan fingerprint density at radius 3 is 2.53 bits per heavy atom. The van der Waals surface area contributed by atoms with Gasteiger partial charge in [0.15, 0.2) is 11.5 Å². The molecule has 5 heteroatoms. The summed E-state index contributed by atoms with van der Waals surface area (Å²) >= 11 is 0. The summed E-state index contributed by atoms with van der Waals surface area (Å²) in [4.78, 5) is 15.0. The first-order chi connectivity index (χ1) is 15.7. The normalized spacial score (nSPS) is 28.8. The monoisotopic (exact) mass is 441 g/mol. The topological polar surface area (TPSA) is 48.0 Å². The maximum Gasteiger partial charge on any atom is 0.231 e. The van der Waals surface area contributed by atoms with Crippen LogP contribution in [-0.2, 0) is 9.53 Å². The molecule has 0 unspecified atom stereocenters. The molecule has 0 radical (unpaired) electrons. The van der Waals surface area contributed by atoms with Crippen LogP contribution in [0.1, 0.15) is 82.1 Å². The molecule has 2 saturated heterocycles. The van der Waals surface area contributed by atoms with Crippen LogP contribution in [0.15, 0.2) is 18.2 Å². The van der Waals surface area contributed by atoms with Crippen molar-refractivity contribution in [2.24, 2.45) is 11.8 Å². The van der Waals surface area contributed by atoms with Crippen LogP contribution in [0.3, 0.4) is 0 Å². The van der Waals surface area contributed by atoms with E-state index in [0.29, 0.717) is 30.8 Å². The quantitative estimate of drug-likeness (QED) is 0.546. The summed E-state index contributed by atoms with van der Waals surface area (Å²) in [6, 6.07) is 6.33. The zero-order valence-electron chi connectivity index (χ0n) is 19.4. The van der Waals surface area contributed by atoms with Crippen molar-refractivity contribution in [3.8, 4) is 11.5 Å².